The van der Waals surface area contributed by atoms with Crippen LogP contribution in [0.2, 0.25) is 0 Å². The van der Waals surface area contributed by atoms with E-state index < -0.39 is 5.60 Å². The fourth-order valence-electron chi connectivity index (χ4n) is 1.10. The van der Waals surface area contributed by atoms with Gasteiger partial charge in [-0.3, -0.25) is 4.79 Å². The van der Waals surface area contributed by atoms with Crippen molar-refractivity contribution in [2.75, 3.05) is 13.1 Å². The number of ether oxygens (including phenoxy) is 2. The molecule has 1 aliphatic heterocycles. The smallest absolute Gasteiger partial charge is 0.330 e. The first-order valence-electron chi connectivity index (χ1n) is 4.69. The Balaban J connectivity index is 2.41. The van der Waals surface area contributed by atoms with Gasteiger partial charge in [-0.05, 0) is 20.8 Å². The highest BCUT2D eigenvalue weighted by atomic mass is 16.6. The van der Waals surface area contributed by atoms with E-state index in [9.17, 15) is 9.59 Å². The van der Waals surface area contributed by atoms with Crippen LogP contribution in [0.25, 0.3) is 0 Å². The lowest BCUT2D eigenvalue weighted by Crippen LogP contribution is -2.36. The molecule has 1 heterocycles. The van der Waals surface area contributed by atoms with E-state index in [1.165, 1.54) is 6.26 Å². The third-order valence-electron chi connectivity index (χ3n) is 1.56. The Kier molecular flexibility index (Phi) is 3.34. The minimum Gasteiger partial charge on any atom is -0.459 e. The van der Waals surface area contributed by atoms with Crippen molar-refractivity contribution in [3.05, 3.63) is 12.5 Å². The highest BCUT2D eigenvalue weighted by Crippen LogP contribution is 2.08. The normalized spacial score (nSPS) is 16.2. The average Bonchev–Trinajstić information content (AvgIpc) is 1.99. The van der Waals surface area contributed by atoms with Crippen molar-refractivity contribution in [2.45, 2.75) is 26.4 Å². The van der Waals surface area contributed by atoms with Gasteiger partial charge in [0.1, 0.15) is 25.0 Å². The van der Waals surface area contributed by atoms with Gasteiger partial charge < -0.3 is 14.4 Å². The Hall–Kier alpha value is -1.52. The van der Waals surface area contributed by atoms with Gasteiger partial charge in [-0.15, -0.1) is 0 Å². The van der Waals surface area contributed by atoms with Crippen LogP contribution in [0.3, 0.4) is 0 Å². The Labute approximate surface area is 88.6 Å². The molecule has 0 amide bonds. The van der Waals surface area contributed by atoms with E-state index in [0.717, 1.165) is 0 Å². The Morgan fingerprint density at radius 1 is 1.60 bits per heavy atom. The molecule has 1 aliphatic rings. The molecule has 0 N–H and O–H groups in total. The number of nitrogens with zero attached hydrogens (tertiary/aromatic N) is 1. The quantitative estimate of drug-likeness (QED) is 0.631. The third-order valence-corrected chi connectivity index (χ3v) is 1.56. The van der Waals surface area contributed by atoms with Crippen LogP contribution in [0, 0.1) is 0 Å². The standard InChI is InChI=1S/C10H15NO4/c1-10(2,3)15-9(13)7-11-4-5-14-8(12)6-11/h4-5H,6-7H2,1-3H3. The van der Waals surface area contributed by atoms with Crippen LogP contribution in [0.4, 0.5) is 0 Å². The molecule has 0 aromatic heterocycles. The lowest BCUT2D eigenvalue weighted by molar-refractivity contribution is -0.156. The second kappa shape index (κ2) is 4.33. The van der Waals surface area contributed by atoms with Crippen molar-refractivity contribution >= 4 is 11.9 Å². The van der Waals surface area contributed by atoms with Gasteiger partial charge in [-0.2, -0.15) is 0 Å². The molecule has 0 radical (unpaired) electrons. The van der Waals surface area contributed by atoms with E-state index in [2.05, 4.69) is 4.74 Å². The summed E-state index contributed by atoms with van der Waals surface area (Å²) in [7, 11) is 0. The third kappa shape index (κ3) is 4.49. The van der Waals surface area contributed by atoms with Gasteiger partial charge >= 0.3 is 11.9 Å². The molecule has 0 fully saturated rings. The van der Waals surface area contributed by atoms with E-state index >= 15 is 0 Å². The largest absolute Gasteiger partial charge is 0.459 e. The van der Waals surface area contributed by atoms with Crippen LogP contribution in [0.1, 0.15) is 20.8 Å². The number of rotatable bonds is 2. The SMILES string of the molecule is CC(C)(C)OC(=O)CN1C=COC(=O)C1. The van der Waals surface area contributed by atoms with Gasteiger partial charge in [0.25, 0.3) is 0 Å². The zero-order valence-electron chi connectivity index (χ0n) is 9.15. The lowest BCUT2D eigenvalue weighted by Gasteiger charge is -2.24. The summed E-state index contributed by atoms with van der Waals surface area (Å²) in [5.74, 6) is -0.733. The van der Waals surface area contributed by atoms with E-state index in [4.69, 9.17) is 4.74 Å². The summed E-state index contributed by atoms with van der Waals surface area (Å²) in [6.07, 6.45) is 2.81. The molecule has 1 rings (SSSR count). The van der Waals surface area contributed by atoms with Crippen LogP contribution in [0.5, 0.6) is 0 Å². The maximum absolute atomic E-state index is 11.4. The van der Waals surface area contributed by atoms with Crippen LogP contribution in [-0.2, 0) is 19.1 Å². The van der Waals surface area contributed by atoms with Gasteiger partial charge in [0.15, 0.2) is 0 Å². The van der Waals surface area contributed by atoms with E-state index in [1.54, 1.807) is 31.9 Å². The molecule has 84 valence electrons. The minimum absolute atomic E-state index is 0.0584. The first-order valence-corrected chi connectivity index (χ1v) is 4.69. The van der Waals surface area contributed by atoms with Crippen molar-refractivity contribution in [2.24, 2.45) is 0 Å². The zero-order valence-corrected chi connectivity index (χ0v) is 9.15. The average molecular weight is 213 g/mol. The van der Waals surface area contributed by atoms with Gasteiger partial charge in [0, 0.05) is 6.20 Å². The van der Waals surface area contributed by atoms with Crippen molar-refractivity contribution in [3.8, 4) is 0 Å². The van der Waals surface area contributed by atoms with E-state index in [-0.39, 0.29) is 25.0 Å². The number of carbonyl (C=O) groups is 2. The summed E-state index contributed by atoms with van der Waals surface area (Å²) >= 11 is 0. The molecule has 0 atom stereocenters. The predicted molar refractivity (Wildman–Crippen MR) is 52.7 cm³/mol. The summed E-state index contributed by atoms with van der Waals surface area (Å²) in [6, 6.07) is 0. The number of carbonyl (C=O) groups excluding carboxylic acids is 2. The molecule has 0 spiro atoms. The maximum Gasteiger partial charge on any atom is 0.330 e. The Morgan fingerprint density at radius 2 is 2.27 bits per heavy atom. The van der Waals surface area contributed by atoms with Crippen molar-refractivity contribution in [1.29, 1.82) is 0 Å². The topological polar surface area (TPSA) is 55.8 Å². The van der Waals surface area contributed by atoms with Crippen LogP contribution >= 0.6 is 0 Å². The Morgan fingerprint density at radius 3 is 2.80 bits per heavy atom. The van der Waals surface area contributed by atoms with Gasteiger partial charge in [0.2, 0.25) is 0 Å². The molecule has 0 unspecified atom stereocenters. The molecule has 0 aromatic carbocycles. The summed E-state index contributed by atoms with van der Waals surface area (Å²) in [4.78, 5) is 23.8. The molecule has 5 nitrogen and oxygen atoms in total. The number of esters is 2. The van der Waals surface area contributed by atoms with Crippen LogP contribution in [0.15, 0.2) is 12.5 Å². The van der Waals surface area contributed by atoms with E-state index in [1.807, 2.05) is 0 Å². The number of hydrogen-bond acceptors (Lipinski definition) is 5. The van der Waals surface area contributed by atoms with Crippen LogP contribution < -0.4 is 0 Å². The summed E-state index contributed by atoms with van der Waals surface area (Å²) < 4.78 is 9.69. The highest BCUT2D eigenvalue weighted by molar-refractivity contribution is 5.76. The molecule has 0 bridgehead atoms. The fourth-order valence-corrected chi connectivity index (χ4v) is 1.10. The predicted octanol–water partition coefficient (Wildman–Crippen LogP) is 0.658. The van der Waals surface area contributed by atoms with Gasteiger partial charge in [0.05, 0.1) is 0 Å². The van der Waals surface area contributed by atoms with Crippen molar-refractivity contribution in [3.63, 3.8) is 0 Å². The summed E-state index contributed by atoms with van der Waals surface area (Å²) in [5, 5.41) is 0. The first-order chi connectivity index (χ1) is 6.87. The molecular formula is C10H15NO4. The van der Waals surface area contributed by atoms with E-state index in [0.29, 0.717) is 0 Å². The Bertz CT molecular complexity index is 290. The lowest BCUT2D eigenvalue weighted by atomic mass is 10.2. The first kappa shape index (κ1) is 11.6. The zero-order chi connectivity index (χ0) is 11.5. The molecule has 0 saturated heterocycles. The molecule has 0 saturated carbocycles. The summed E-state index contributed by atoms with van der Waals surface area (Å²) in [5.41, 5.74) is -0.503. The summed E-state index contributed by atoms with van der Waals surface area (Å²) in [6.45, 7) is 5.53. The molecule has 0 aromatic rings. The minimum atomic E-state index is -0.503. The van der Waals surface area contributed by atoms with Crippen molar-refractivity contribution in [1.82, 2.24) is 4.90 Å². The maximum atomic E-state index is 11.4. The number of hydrogen-bond donors (Lipinski definition) is 0. The molecule has 0 aliphatic carbocycles. The second-order valence-electron chi connectivity index (χ2n) is 4.27. The second-order valence-corrected chi connectivity index (χ2v) is 4.27. The van der Waals surface area contributed by atoms with Crippen LogP contribution in [-0.4, -0.2) is 35.5 Å². The monoisotopic (exact) mass is 213 g/mol. The molecule has 15 heavy (non-hydrogen) atoms. The number of cyclic esters (lactones) is 1. The molecule has 5 heteroatoms. The highest BCUT2D eigenvalue weighted by Gasteiger charge is 2.20. The van der Waals surface area contributed by atoms with Gasteiger partial charge in [-0.1, -0.05) is 0 Å². The molecular weight excluding hydrogens is 198 g/mol. The van der Waals surface area contributed by atoms with Crippen molar-refractivity contribution < 1.29 is 19.1 Å². The fraction of sp³-hybridized carbons (Fsp3) is 0.600. The van der Waals surface area contributed by atoms with Gasteiger partial charge in [-0.25, -0.2) is 4.79 Å².